The fourth-order valence-corrected chi connectivity index (χ4v) is 3.65. The zero-order chi connectivity index (χ0) is 17.5. The van der Waals surface area contributed by atoms with E-state index < -0.39 is 21.9 Å². The van der Waals surface area contributed by atoms with Gasteiger partial charge in [0.25, 0.3) is 0 Å². The fraction of sp³-hybridized carbons (Fsp3) is 0.400. The molecule has 2 aromatic rings. The van der Waals surface area contributed by atoms with Gasteiger partial charge in [0.15, 0.2) is 0 Å². The third-order valence-corrected chi connectivity index (χ3v) is 5.34. The molecule has 1 fully saturated rings. The molecule has 1 aliphatic rings. The van der Waals surface area contributed by atoms with Crippen LogP contribution in [-0.2, 0) is 16.2 Å². The molecule has 0 radical (unpaired) electrons. The number of alkyl halides is 3. The number of sulfonamides is 1. The smallest absolute Gasteiger partial charge is 0.368 e. The zero-order valence-electron chi connectivity index (χ0n) is 12.9. The fourth-order valence-electron chi connectivity index (χ4n) is 2.82. The highest BCUT2D eigenvalue weighted by atomic mass is 32.2. The van der Waals surface area contributed by atoms with Crippen molar-refractivity contribution in [3.8, 4) is 0 Å². The molecule has 5 nitrogen and oxygen atoms in total. The van der Waals surface area contributed by atoms with Gasteiger partial charge in [0, 0.05) is 37.3 Å². The number of hydrogen-bond acceptors (Lipinski definition) is 4. The van der Waals surface area contributed by atoms with Crippen molar-refractivity contribution in [1.29, 1.82) is 0 Å². The van der Waals surface area contributed by atoms with Gasteiger partial charge in [-0.15, -0.1) is 0 Å². The van der Waals surface area contributed by atoms with Crippen molar-refractivity contribution in [2.24, 2.45) is 0 Å². The van der Waals surface area contributed by atoms with Crippen LogP contribution in [0.15, 0.2) is 30.3 Å². The van der Waals surface area contributed by atoms with Gasteiger partial charge < -0.3 is 4.90 Å². The van der Waals surface area contributed by atoms with Crippen LogP contribution in [0.5, 0.6) is 0 Å². The first kappa shape index (κ1) is 17.0. The number of aromatic nitrogens is 1. The lowest BCUT2D eigenvalue weighted by Crippen LogP contribution is -2.48. The normalized spacial score (nSPS) is 17.4. The molecule has 1 saturated heterocycles. The van der Waals surface area contributed by atoms with Crippen molar-refractivity contribution in [3.63, 3.8) is 0 Å². The van der Waals surface area contributed by atoms with Crippen LogP contribution >= 0.6 is 0 Å². The van der Waals surface area contributed by atoms with Gasteiger partial charge in [-0.2, -0.15) is 17.5 Å². The molecule has 9 heteroatoms. The predicted molar refractivity (Wildman–Crippen MR) is 85.4 cm³/mol. The van der Waals surface area contributed by atoms with Crippen LogP contribution < -0.4 is 4.90 Å². The Balaban J connectivity index is 2.00. The molecular weight excluding hydrogens is 343 g/mol. The van der Waals surface area contributed by atoms with E-state index in [9.17, 15) is 21.6 Å². The maximum absolute atomic E-state index is 13.1. The molecule has 0 aliphatic carbocycles. The second-order valence-corrected chi connectivity index (χ2v) is 7.67. The van der Waals surface area contributed by atoms with Crippen molar-refractivity contribution >= 4 is 26.6 Å². The summed E-state index contributed by atoms with van der Waals surface area (Å²) in [5, 5.41) is 0.623. The summed E-state index contributed by atoms with van der Waals surface area (Å²) < 4.78 is 63.8. The second kappa shape index (κ2) is 5.89. The largest absolute Gasteiger partial charge is 0.433 e. The molecule has 1 aliphatic heterocycles. The van der Waals surface area contributed by atoms with E-state index in [2.05, 4.69) is 4.98 Å². The summed E-state index contributed by atoms with van der Waals surface area (Å²) in [6, 6.07) is 7.69. The summed E-state index contributed by atoms with van der Waals surface area (Å²) in [6.07, 6.45) is -3.40. The first-order chi connectivity index (χ1) is 11.2. The lowest BCUT2D eigenvalue weighted by molar-refractivity contribution is -0.140. The molecule has 0 saturated carbocycles. The quantitative estimate of drug-likeness (QED) is 0.826. The standard InChI is InChI=1S/C15H16F3N3O2S/c1-24(22,23)21-8-6-20(7-9-21)13-10-14(15(16,17)18)19-12-5-3-2-4-11(12)13/h2-5,10H,6-9H2,1H3. The van der Waals surface area contributed by atoms with Crippen molar-refractivity contribution in [3.05, 3.63) is 36.0 Å². The van der Waals surface area contributed by atoms with Gasteiger partial charge in [0.05, 0.1) is 11.8 Å². The average Bonchev–Trinajstić information content (AvgIpc) is 2.52. The Bertz CT molecular complexity index is 860. The van der Waals surface area contributed by atoms with Gasteiger partial charge in [-0.25, -0.2) is 13.4 Å². The number of fused-ring (bicyclic) bond motifs is 1. The average molecular weight is 359 g/mol. The van der Waals surface area contributed by atoms with Crippen molar-refractivity contribution < 1.29 is 21.6 Å². The summed E-state index contributed by atoms with van der Waals surface area (Å²) in [6.45, 7) is 1.16. The summed E-state index contributed by atoms with van der Waals surface area (Å²) >= 11 is 0. The van der Waals surface area contributed by atoms with Gasteiger partial charge >= 0.3 is 6.18 Å². The van der Waals surface area contributed by atoms with E-state index in [0.29, 0.717) is 24.2 Å². The number of anilines is 1. The Kier molecular flexibility index (Phi) is 4.16. The van der Waals surface area contributed by atoms with Gasteiger partial charge in [-0.1, -0.05) is 18.2 Å². The van der Waals surface area contributed by atoms with Crippen molar-refractivity contribution in [1.82, 2.24) is 9.29 Å². The molecule has 0 bridgehead atoms. The van der Waals surface area contributed by atoms with Crippen LogP contribution in [0.4, 0.5) is 18.9 Å². The van der Waals surface area contributed by atoms with E-state index in [1.54, 1.807) is 29.2 Å². The van der Waals surface area contributed by atoms with Crippen LogP contribution in [0.25, 0.3) is 10.9 Å². The molecule has 0 amide bonds. The monoisotopic (exact) mass is 359 g/mol. The Morgan fingerprint density at radius 3 is 2.29 bits per heavy atom. The third-order valence-electron chi connectivity index (χ3n) is 4.03. The predicted octanol–water partition coefficient (Wildman–Crippen LogP) is 2.34. The molecular formula is C15H16F3N3O2S. The number of hydrogen-bond donors (Lipinski definition) is 0. The first-order valence-electron chi connectivity index (χ1n) is 7.33. The topological polar surface area (TPSA) is 53.5 Å². The SMILES string of the molecule is CS(=O)(=O)N1CCN(c2cc(C(F)(F)F)nc3ccccc23)CC1. The van der Waals surface area contributed by atoms with E-state index in [4.69, 9.17) is 0 Å². The molecule has 3 rings (SSSR count). The Morgan fingerprint density at radius 2 is 1.71 bits per heavy atom. The van der Waals surface area contributed by atoms with Gasteiger partial charge in [0.1, 0.15) is 5.69 Å². The molecule has 24 heavy (non-hydrogen) atoms. The maximum Gasteiger partial charge on any atom is 0.433 e. The molecule has 2 heterocycles. The number of halogens is 3. The number of pyridine rings is 1. The minimum absolute atomic E-state index is 0.247. The first-order valence-corrected chi connectivity index (χ1v) is 9.18. The molecule has 0 unspecified atom stereocenters. The van der Waals surface area contributed by atoms with E-state index in [-0.39, 0.29) is 18.6 Å². The summed E-state index contributed by atoms with van der Waals surface area (Å²) in [4.78, 5) is 5.48. The number of benzene rings is 1. The Morgan fingerprint density at radius 1 is 1.08 bits per heavy atom. The van der Waals surface area contributed by atoms with Crippen molar-refractivity contribution in [2.45, 2.75) is 6.18 Å². The number of nitrogens with zero attached hydrogens (tertiary/aromatic N) is 3. The highest BCUT2D eigenvalue weighted by Gasteiger charge is 2.34. The van der Waals surface area contributed by atoms with E-state index in [1.165, 1.54) is 4.31 Å². The zero-order valence-corrected chi connectivity index (χ0v) is 13.7. The van der Waals surface area contributed by atoms with Crippen LogP contribution in [0.2, 0.25) is 0 Å². The number of rotatable bonds is 2. The van der Waals surface area contributed by atoms with Gasteiger partial charge in [-0.3, -0.25) is 0 Å². The maximum atomic E-state index is 13.1. The molecule has 0 spiro atoms. The second-order valence-electron chi connectivity index (χ2n) is 5.69. The molecule has 0 N–H and O–H groups in total. The lowest BCUT2D eigenvalue weighted by Gasteiger charge is -2.35. The number of para-hydroxylation sites is 1. The molecule has 1 aromatic heterocycles. The van der Waals surface area contributed by atoms with Crippen LogP contribution in [0, 0.1) is 0 Å². The van der Waals surface area contributed by atoms with Crippen LogP contribution in [0.1, 0.15) is 5.69 Å². The molecule has 0 atom stereocenters. The van der Waals surface area contributed by atoms with E-state index in [1.807, 2.05) is 0 Å². The summed E-state index contributed by atoms with van der Waals surface area (Å²) in [7, 11) is -3.29. The Hall–Kier alpha value is -1.87. The van der Waals surface area contributed by atoms with E-state index in [0.717, 1.165) is 12.3 Å². The van der Waals surface area contributed by atoms with Crippen LogP contribution in [0.3, 0.4) is 0 Å². The third kappa shape index (κ3) is 3.32. The van der Waals surface area contributed by atoms with Gasteiger partial charge in [0.2, 0.25) is 10.0 Å². The highest BCUT2D eigenvalue weighted by molar-refractivity contribution is 7.88. The van der Waals surface area contributed by atoms with Crippen LogP contribution in [-0.4, -0.2) is 50.1 Å². The number of piperazine rings is 1. The lowest BCUT2D eigenvalue weighted by atomic mass is 10.1. The van der Waals surface area contributed by atoms with Crippen molar-refractivity contribution in [2.75, 3.05) is 37.3 Å². The Labute approximate surface area is 137 Å². The van der Waals surface area contributed by atoms with Gasteiger partial charge in [-0.05, 0) is 12.1 Å². The molecule has 1 aromatic carbocycles. The molecule has 130 valence electrons. The summed E-state index contributed by atoms with van der Waals surface area (Å²) in [5.41, 5.74) is -0.240. The van der Waals surface area contributed by atoms with E-state index >= 15 is 0 Å². The minimum atomic E-state index is -4.53. The summed E-state index contributed by atoms with van der Waals surface area (Å²) in [5.74, 6) is 0. The minimum Gasteiger partial charge on any atom is -0.368 e. The highest BCUT2D eigenvalue weighted by Crippen LogP contribution is 2.35.